The number of fused-ring (bicyclic) bond motifs is 4. The normalized spacial score (nSPS) is 19.9. The molecule has 0 saturated carbocycles. The molecule has 8 heteroatoms. The SMILES string of the molecule is COc1ccc2c3c([nH]c2c1)[C@H](CO)N(Cc1ccncc1)CC31CCN(C(=O)CN(C)C)CC1. The number of aromatic amines is 1. The number of aromatic nitrogens is 2. The quantitative estimate of drug-likeness (QED) is 0.568. The van der Waals surface area contributed by atoms with E-state index in [-0.39, 0.29) is 24.0 Å². The van der Waals surface area contributed by atoms with E-state index < -0.39 is 0 Å². The highest BCUT2D eigenvalue weighted by Gasteiger charge is 2.47. The Labute approximate surface area is 206 Å². The third-order valence-electron chi connectivity index (χ3n) is 7.68. The highest BCUT2D eigenvalue weighted by atomic mass is 16.5. The molecule has 0 aliphatic carbocycles. The lowest BCUT2D eigenvalue weighted by atomic mass is 9.68. The van der Waals surface area contributed by atoms with Gasteiger partial charge in [0, 0.05) is 66.7 Å². The Morgan fingerprint density at radius 3 is 2.63 bits per heavy atom. The number of likely N-dealkylation sites (N-methyl/N-ethyl adjacent to an activating group) is 1. The van der Waals surface area contributed by atoms with Gasteiger partial charge in [-0.05, 0) is 62.3 Å². The number of H-pyrrole nitrogens is 1. The number of ether oxygens (including phenoxy) is 1. The summed E-state index contributed by atoms with van der Waals surface area (Å²) in [6.45, 7) is 3.51. The van der Waals surface area contributed by atoms with Crippen molar-refractivity contribution in [3.05, 3.63) is 59.5 Å². The lowest BCUT2D eigenvalue weighted by molar-refractivity contribution is -0.133. The summed E-state index contributed by atoms with van der Waals surface area (Å²) in [5.74, 6) is 0.995. The number of carbonyl (C=O) groups excluding carboxylic acids is 1. The number of methoxy groups -OCH3 is 1. The first kappa shape index (κ1) is 23.8. The molecule has 186 valence electrons. The zero-order chi connectivity index (χ0) is 24.6. The maximum Gasteiger partial charge on any atom is 0.236 e. The Morgan fingerprint density at radius 2 is 1.97 bits per heavy atom. The molecule has 1 saturated heterocycles. The molecule has 0 radical (unpaired) electrons. The predicted octanol–water partition coefficient (Wildman–Crippen LogP) is 2.54. The molecule has 8 nitrogen and oxygen atoms in total. The molecular formula is C27H35N5O3. The van der Waals surface area contributed by atoms with Crippen LogP contribution in [0, 0.1) is 0 Å². The van der Waals surface area contributed by atoms with Crippen molar-refractivity contribution in [2.75, 3.05) is 54.0 Å². The van der Waals surface area contributed by atoms with Gasteiger partial charge in [0.05, 0.1) is 26.3 Å². The van der Waals surface area contributed by atoms with E-state index in [0.29, 0.717) is 6.54 Å². The Bertz CT molecular complexity index is 1180. The van der Waals surface area contributed by atoms with Crippen molar-refractivity contribution >= 4 is 16.8 Å². The van der Waals surface area contributed by atoms with Crippen molar-refractivity contribution in [3.8, 4) is 5.75 Å². The van der Waals surface area contributed by atoms with Gasteiger partial charge in [-0.2, -0.15) is 0 Å². The van der Waals surface area contributed by atoms with Crippen LogP contribution in [0.3, 0.4) is 0 Å². The van der Waals surface area contributed by atoms with Crippen LogP contribution in [-0.4, -0.2) is 89.7 Å². The molecule has 3 aromatic rings. The average molecular weight is 478 g/mol. The van der Waals surface area contributed by atoms with Gasteiger partial charge in [0.2, 0.25) is 5.91 Å². The minimum atomic E-state index is -0.129. The Morgan fingerprint density at radius 1 is 1.23 bits per heavy atom. The number of aliphatic hydroxyl groups excluding tert-OH is 1. The topological polar surface area (TPSA) is 84.9 Å². The van der Waals surface area contributed by atoms with E-state index in [1.54, 1.807) is 7.11 Å². The molecule has 2 aliphatic rings. The highest BCUT2D eigenvalue weighted by molar-refractivity contribution is 5.88. The van der Waals surface area contributed by atoms with Crippen LogP contribution >= 0.6 is 0 Å². The number of aliphatic hydroxyl groups is 1. The molecule has 1 aromatic carbocycles. The molecule has 0 bridgehead atoms. The standard InChI is InChI=1S/C27H35N5O3/c1-30(2)16-24(34)31-12-8-27(9-13-31)18-32(15-19-6-10-28-11-7-19)23(17-33)26-25(27)21-5-4-20(35-3)14-22(21)29-26/h4-7,10-11,14,23,29,33H,8-9,12-13,15-18H2,1-3H3/t23-/m0/s1. The predicted molar refractivity (Wildman–Crippen MR) is 135 cm³/mol. The number of nitrogens with one attached hydrogen (secondary N) is 1. The molecule has 1 amide bonds. The van der Waals surface area contributed by atoms with Crippen molar-refractivity contribution in [1.82, 2.24) is 24.7 Å². The second-order valence-corrected chi connectivity index (χ2v) is 10.2. The van der Waals surface area contributed by atoms with Crippen molar-refractivity contribution in [2.24, 2.45) is 0 Å². The lowest BCUT2D eigenvalue weighted by Gasteiger charge is -2.50. The van der Waals surface area contributed by atoms with E-state index in [1.807, 2.05) is 60.6 Å². The van der Waals surface area contributed by atoms with Gasteiger partial charge >= 0.3 is 0 Å². The first-order valence-electron chi connectivity index (χ1n) is 12.3. The fourth-order valence-electron chi connectivity index (χ4n) is 5.96. The largest absolute Gasteiger partial charge is 0.497 e. The molecule has 0 unspecified atom stereocenters. The fourth-order valence-corrected chi connectivity index (χ4v) is 5.96. The molecular weight excluding hydrogens is 442 g/mol. The second-order valence-electron chi connectivity index (χ2n) is 10.2. The van der Waals surface area contributed by atoms with Crippen molar-refractivity contribution in [1.29, 1.82) is 0 Å². The summed E-state index contributed by atoms with van der Waals surface area (Å²) < 4.78 is 5.48. The lowest BCUT2D eigenvalue weighted by Crippen LogP contribution is -2.55. The van der Waals surface area contributed by atoms with E-state index >= 15 is 0 Å². The van der Waals surface area contributed by atoms with Gasteiger partial charge in [-0.1, -0.05) is 0 Å². The van der Waals surface area contributed by atoms with Crippen LogP contribution in [0.1, 0.15) is 35.7 Å². The number of benzene rings is 1. The van der Waals surface area contributed by atoms with Gasteiger partial charge in [0.25, 0.3) is 0 Å². The number of carbonyl (C=O) groups is 1. The van der Waals surface area contributed by atoms with E-state index in [2.05, 4.69) is 20.9 Å². The minimum absolute atomic E-state index is 0.0333. The third kappa shape index (κ3) is 4.42. The summed E-state index contributed by atoms with van der Waals surface area (Å²) in [4.78, 5) is 26.9. The van der Waals surface area contributed by atoms with Gasteiger partial charge in [-0.3, -0.25) is 14.7 Å². The average Bonchev–Trinajstić information content (AvgIpc) is 3.24. The summed E-state index contributed by atoms with van der Waals surface area (Å²) in [5.41, 5.74) is 4.50. The summed E-state index contributed by atoms with van der Waals surface area (Å²) in [7, 11) is 5.55. The van der Waals surface area contributed by atoms with Gasteiger partial charge in [-0.25, -0.2) is 0 Å². The molecule has 1 atom stereocenters. The summed E-state index contributed by atoms with van der Waals surface area (Å²) in [5, 5.41) is 11.7. The van der Waals surface area contributed by atoms with E-state index in [1.165, 1.54) is 16.5 Å². The number of piperidine rings is 1. The molecule has 2 aliphatic heterocycles. The van der Waals surface area contributed by atoms with Gasteiger partial charge < -0.3 is 24.6 Å². The van der Waals surface area contributed by atoms with Crippen LogP contribution in [-0.2, 0) is 16.8 Å². The van der Waals surface area contributed by atoms with Crippen molar-refractivity contribution in [3.63, 3.8) is 0 Å². The number of hydrogen-bond acceptors (Lipinski definition) is 6. The molecule has 2 aromatic heterocycles. The zero-order valence-corrected chi connectivity index (χ0v) is 20.8. The summed E-state index contributed by atoms with van der Waals surface area (Å²) >= 11 is 0. The third-order valence-corrected chi connectivity index (χ3v) is 7.68. The van der Waals surface area contributed by atoms with Crippen LogP contribution in [0.5, 0.6) is 5.75 Å². The monoisotopic (exact) mass is 477 g/mol. The number of likely N-dealkylation sites (tertiary alicyclic amines) is 1. The number of nitrogens with zero attached hydrogens (tertiary/aromatic N) is 4. The number of pyridine rings is 1. The van der Waals surface area contributed by atoms with Crippen molar-refractivity contribution < 1.29 is 14.6 Å². The maximum atomic E-state index is 12.8. The summed E-state index contributed by atoms with van der Waals surface area (Å²) in [6.07, 6.45) is 5.42. The number of hydrogen-bond donors (Lipinski definition) is 2. The molecule has 1 spiro atoms. The highest BCUT2D eigenvalue weighted by Crippen LogP contribution is 2.49. The van der Waals surface area contributed by atoms with E-state index in [0.717, 1.165) is 56.0 Å². The molecule has 35 heavy (non-hydrogen) atoms. The Balaban J connectivity index is 1.55. The van der Waals surface area contributed by atoms with Crippen LogP contribution in [0.4, 0.5) is 0 Å². The van der Waals surface area contributed by atoms with E-state index in [4.69, 9.17) is 4.74 Å². The van der Waals surface area contributed by atoms with E-state index in [9.17, 15) is 9.90 Å². The second kappa shape index (κ2) is 9.60. The smallest absolute Gasteiger partial charge is 0.236 e. The van der Waals surface area contributed by atoms with Crippen LogP contribution in [0.25, 0.3) is 10.9 Å². The van der Waals surface area contributed by atoms with Gasteiger partial charge in [0.1, 0.15) is 5.75 Å². The number of rotatable bonds is 6. The molecule has 2 N–H and O–H groups in total. The first-order valence-corrected chi connectivity index (χ1v) is 12.3. The van der Waals surface area contributed by atoms with Gasteiger partial charge in [-0.15, -0.1) is 0 Å². The molecule has 4 heterocycles. The number of amides is 1. The zero-order valence-electron chi connectivity index (χ0n) is 20.8. The fraction of sp³-hybridized carbons (Fsp3) is 0.481. The minimum Gasteiger partial charge on any atom is -0.497 e. The first-order chi connectivity index (χ1) is 16.9. The molecule has 1 fully saturated rings. The van der Waals surface area contributed by atoms with Crippen LogP contribution in [0.15, 0.2) is 42.7 Å². The van der Waals surface area contributed by atoms with Crippen LogP contribution < -0.4 is 4.74 Å². The maximum absolute atomic E-state index is 12.8. The van der Waals surface area contributed by atoms with Gasteiger partial charge in [0.15, 0.2) is 0 Å². The Hall–Kier alpha value is -2.94. The molecule has 5 rings (SSSR count). The Kier molecular flexibility index (Phi) is 6.53. The van der Waals surface area contributed by atoms with Crippen LogP contribution in [0.2, 0.25) is 0 Å². The summed E-state index contributed by atoms with van der Waals surface area (Å²) in [6, 6.07) is 10.1. The van der Waals surface area contributed by atoms with Crippen molar-refractivity contribution in [2.45, 2.75) is 30.8 Å².